The van der Waals surface area contributed by atoms with Crippen molar-refractivity contribution in [2.75, 3.05) is 18.0 Å². The molecule has 33 heavy (non-hydrogen) atoms. The van der Waals surface area contributed by atoms with Gasteiger partial charge in [-0.05, 0) is 63.1 Å². The third-order valence-electron chi connectivity index (χ3n) is 6.16. The highest BCUT2D eigenvalue weighted by Gasteiger charge is 2.26. The third kappa shape index (κ3) is 4.28. The molecule has 0 unspecified atom stereocenters. The Morgan fingerprint density at radius 3 is 2.58 bits per heavy atom. The summed E-state index contributed by atoms with van der Waals surface area (Å²) in [5, 5.41) is 21.0. The molecule has 1 saturated heterocycles. The molecule has 0 atom stereocenters. The average molecular weight is 466 g/mol. The standard InChI is InChI=1S/C23H24ClN7O2/c1-14-19(15(2)33-29-14)13-25-23(32)17-9-11-30(12-10-17)21-8-7-20-26-27-22(31(20)28-21)16-3-5-18(24)6-4-16/h3-8,17H,9-13H2,1-2H3,(H,25,32). The fourth-order valence-electron chi connectivity index (χ4n) is 4.17. The zero-order valence-corrected chi connectivity index (χ0v) is 19.2. The lowest BCUT2D eigenvalue weighted by atomic mass is 9.96. The fraction of sp³-hybridized carbons (Fsp3) is 0.348. The second-order valence-corrected chi connectivity index (χ2v) is 8.71. The number of aromatic nitrogens is 5. The first-order chi connectivity index (χ1) is 16.0. The monoisotopic (exact) mass is 465 g/mol. The second kappa shape index (κ2) is 8.82. The van der Waals surface area contributed by atoms with Gasteiger partial charge in [0.25, 0.3) is 0 Å². The topological polar surface area (TPSA) is 101 Å². The van der Waals surface area contributed by atoms with Crippen LogP contribution in [0, 0.1) is 19.8 Å². The summed E-state index contributed by atoms with van der Waals surface area (Å²) in [5.41, 5.74) is 3.34. The van der Waals surface area contributed by atoms with Crippen LogP contribution in [0.3, 0.4) is 0 Å². The molecule has 4 aromatic rings. The van der Waals surface area contributed by atoms with Gasteiger partial charge in [0.1, 0.15) is 11.6 Å². The molecule has 0 spiro atoms. The Labute approximate surface area is 195 Å². The number of amides is 1. The number of carbonyl (C=O) groups is 1. The molecule has 0 aliphatic carbocycles. The van der Waals surface area contributed by atoms with Gasteiger partial charge >= 0.3 is 0 Å². The number of rotatable bonds is 5. The molecular formula is C23H24ClN7O2. The number of anilines is 1. The van der Waals surface area contributed by atoms with E-state index < -0.39 is 0 Å². The molecule has 0 saturated carbocycles. The van der Waals surface area contributed by atoms with Crippen molar-refractivity contribution in [3.63, 3.8) is 0 Å². The summed E-state index contributed by atoms with van der Waals surface area (Å²) in [4.78, 5) is 14.9. The minimum Gasteiger partial charge on any atom is -0.361 e. The zero-order valence-electron chi connectivity index (χ0n) is 18.5. The van der Waals surface area contributed by atoms with Gasteiger partial charge in [0.2, 0.25) is 5.91 Å². The van der Waals surface area contributed by atoms with Crippen molar-refractivity contribution in [2.45, 2.75) is 33.2 Å². The highest BCUT2D eigenvalue weighted by atomic mass is 35.5. The predicted octanol–water partition coefficient (Wildman–Crippen LogP) is 3.58. The number of nitrogens with zero attached hydrogens (tertiary/aromatic N) is 6. The van der Waals surface area contributed by atoms with Crippen molar-refractivity contribution in [1.82, 2.24) is 30.3 Å². The Hall–Kier alpha value is -3.46. The van der Waals surface area contributed by atoms with Crippen molar-refractivity contribution in [1.29, 1.82) is 0 Å². The minimum atomic E-state index is -0.0232. The Balaban J connectivity index is 1.25. The smallest absolute Gasteiger partial charge is 0.223 e. The molecular weight excluding hydrogens is 442 g/mol. The summed E-state index contributed by atoms with van der Waals surface area (Å²) in [7, 11) is 0. The van der Waals surface area contributed by atoms with Gasteiger partial charge in [0, 0.05) is 41.7 Å². The molecule has 1 N–H and O–H groups in total. The summed E-state index contributed by atoms with van der Waals surface area (Å²) in [5.74, 6) is 2.30. The number of nitrogens with one attached hydrogen (secondary N) is 1. The van der Waals surface area contributed by atoms with Gasteiger partial charge in [-0.3, -0.25) is 4.79 Å². The summed E-state index contributed by atoms with van der Waals surface area (Å²) in [6.45, 7) is 5.69. The van der Waals surface area contributed by atoms with E-state index in [0.717, 1.165) is 54.3 Å². The molecule has 1 fully saturated rings. The van der Waals surface area contributed by atoms with Crippen molar-refractivity contribution >= 4 is 29.0 Å². The van der Waals surface area contributed by atoms with E-state index in [9.17, 15) is 4.79 Å². The van der Waals surface area contributed by atoms with E-state index in [2.05, 4.69) is 25.6 Å². The number of hydrogen-bond acceptors (Lipinski definition) is 7. The average Bonchev–Trinajstić information content (AvgIpc) is 3.40. The van der Waals surface area contributed by atoms with E-state index in [1.165, 1.54) is 0 Å². The molecule has 10 heteroatoms. The maximum atomic E-state index is 12.7. The number of aryl methyl sites for hydroxylation is 2. The zero-order chi connectivity index (χ0) is 22.9. The molecule has 0 radical (unpaired) electrons. The normalized spacial score (nSPS) is 14.7. The number of hydrogen-bond donors (Lipinski definition) is 1. The molecule has 5 rings (SSSR count). The van der Waals surface area contributed by atoms with E-state index in [1.54, 1.807) is 4.52 Å². The van der Waals surface area contributed by atoms with Gasteiger partial charge in [-0.1, -0.05) is 16.8 Å². The Morgan fingerprint density at radius 1 is 1.12 bits per heavy atom. The van der Waals surface area contributed by atoms with Crippen LogP contribution in [0.25, 0.3) is 17.0 Å². The number of fused-ring (bicyclic) bond motifs is 1. The first-order valence-electron chi connectivity index (χ1n) is 10.9. The van der Waals surface area contributed by atoms with Gasteiger partial charge in [0.05, 0.1) is 5.69 Å². The van der Waals surface area contributed by atoms with Crippen molar-refractivity contribution in [3.8, 4) is 11.4 Å². The van der Waals surface area contributed by atoms with E-state index in [1.807, 2.05) is 50.2 Å². The first-order valence-corrected chi connectivity index (χ1v) is 11.3. The quantitative estimate of drug-likeness (QED) is 0.480. The van der Waals surface area contributed by atoms with Crippen LogP contribution in [0.15, 0.2) is 40.9 Å². The Bertz CT molecular complexity index is 1270. The van der Waals surface area contributed by atoms with E-state index in [-0.39, 0.29) is 11.8 Å². The van der Waals surface area contributed by atoms with E-state index in [0.29, 0.717) is 23.0 Å². The first kappa shape index (κ1) is 21.4. The third-order valence-corrected chi connectivity index (χ3v) is 6.41. The van der Waals surface area contributed by atoms with Crippen molar-refractivity contribution < 1.29 is 9.32 Å². The summed E-state index contributed by atoms with van der Waals surface area (Å²) < 4.78 is 6.92. The molecule has 4 heterocycles. The number of benzene rings is 1. The van der Waals surface area contributed by atoms with E-state index in [4.69, 9.17) is 21.2 Å². The highest BCUT2D eigenvalue weighted by Crippen LogP contribution is 2.25. The number of halogens is 1. The molecule has 3 aromatic heterocycles. The van der Waals surface area contributed by atoms with Crippen LogP contribution in [0.1, 0.15) is 29.9 Å². The van der Waals surface area contributed by atoms with Crippen LogP contribution in [-0.2, 0) is 11.3 Å². The molecule has 1 aliphatic heterocycles. The van der Waals surface area contributed by atoms with Gasteiger partial charge in [0.15, 0.2) is 11.5 Å². The summed E-state index contributed by atoms with van der Waals surface area (Å²) in [6, 6.07) is 11.3. The van der Waals surface area contributed by atoms with Crippen LogP contribution in [0.2, 0.25) is 5.02 Å². The van der Waals surface area contributed by atoms with Gasteiger partial charge in [-0.25, -0.2) is 0 Å². The molecule has 9 nitrogen and oxygen atoms in total. The van der Waals surface area contributed by atoms with Crippen LogP contribution in [0.5, 0.6) is 0 Å². The van der Waals surface area contributed by atoms with E-state index >= 15 is 0 Å². The molecule has 0 bridgehead atoms. The van der Waals surface area contributed by atoms with Crippen LogP contribution >= 0.6 is 11.6 Å². The second-order valence-electron chi connectivity index (χ2n) is 8.27. The fourth-order valence-corrected chi connectivity index (χ4v) is 4.30. The Kier molecular flexibility index (Phi) is 5.72. The maximum Gasteiger partial charge on any atom is 0.223 e. The van der Waals surface area contributed by atoms with Crippen LogP contribution in [0.4, 0.5) is 5.82 Å². The SMILES string of the molecule is Cc1noc(C)c1CNC(=O)C1CCN(c2ccc3nnc(-c4ccc(Cl)cc4)n3n2)CC1. The lowest BCUT2D eigenvalue weighted by molar-refractivity contribution is -0.125. The van der Waals surface area contributed by atoms with Crippen LogP contribution < -0.4 is 10.2 Å². The number of carbonyl (C=O) groups excluding carboxylic acids is 1. The number of piperidine rings is 1. The van der Waals surface area contributed by atoms with Gasteiger partial charge in [-0.2, -0.15) is 4.52 Å². The van der Waals surface area contributed by atoms with Crippen molar-refractivity contribution in [3.05, 3.63) is 58.4 Å². The lowest BCUT2D eigenvalue weighted by Crippen LogP contribution is -2.40. The molecule has 170 valence electrons. The largest absolute Gasteiger partial charge is 0.361 e. The van der Waals surface area contributed by atoms with Gasteiger partial charge in [-0.15, -0.1) is 15.3 Å². The Morgan fingerprint density at radius 2 is 1.88 bits per heavy atom. The molecule has 1 aliphatic rings. The summed E-state index contributed by atoms with van der Waals surface area (Å²) in [6.07, 6.45) is 1.53. The predicted molar refractivity (Wildman–Crippen MR) is 124 cm³/mol. The maximum absolute atomic E-state index is 12.7. The lowest BCUT2D eigenvalue weighted by Gasteiger charge is -2.32. The van der Waals surface area contributed by atoms with Crippen LogP contribution in [-0.4, -0.2) is 44.0 Å². The minimum absolute atomic E-state index is 0.0232. The summed E-state index contributed by atoms with van der Waals surface area (Å²) >= 11 is 6.01. The highest BCUT2D eigenvalue weighted by molar-refractivity contribution is 6.30. The van der Waals surface area contributed by atoms with Crippen molar-refractivity contribution in [2.24, 2.45) is 5.92 Å². The molecule has 1 aromatic carbocycles. The van der Waals surface area contributed by atoms with Gasteiger partial charge < -0.3 is 14.7 Å². The molecule has 1 amide bonds.